The number of carbonyl (C=O) groups excluding carboxylic acids is 1. The Bertz CT molecular complexity index is 2010. The van der Waals surface area contributed by atoms with Crippen LogP contribution in [0.4, 0.5) is 32.6 Å². The first kappa shape index (κ1) is 32.0. The highest BCUT2D eigenvalue weighted by Crippen LogP contribution is 2.49. The van der Waals surface area contributed by atoms with Gasteiger partial charge in [0.25, 0.3) is 0 Å². The minimum absolute atomic E-state index is 0.0397. The van der Waals surface area contributed by atoms with E-state index in [0.29, 0.717) is 19.4 Å². The number of benzene rings is 1. The summed E-state index contributed by atoms with van der Waals surface area (Å²) in [6.45, 7) is 12.6. The van der Waals surface area contributed by atoms with Crippen molar-refractivity contribution in [2.75, 3.05) is 38.5 Å². The van der Waals surface area contributed by atoms with E-state index in [1.807, 2.05) is 4.90 Å². The minimum Gasteiger partial charge on any atom is -0.472 e. The van der Waals surface area contributed by atoms with Gasteiger partial charge < -0.3 is 20.1 Å². The zero-order valence-electron chi connectivity index (χ0n) is 25.3. The van der Waals surface area contributed by atoms with Gasteiger partial charge in [-0.25, -0.2) is 18.6 Å². The summed E-state index contributed by atoms with van der Waals surface area (Å²) in [5.74, 6) is -1.30. The van der Waals surface area contributed by atoms with E-state index in [0.717, 1.165) is 42.5 Å². The van der Waals surface area contributed by atoms with Gasteiger partial charge in [-0.3, -0.25) is 9.69 Å². The van der Waals surface area contributed by atoms with Gasteiger partial charge in [-0.15, -0.1) is 11.3 Å². The molecule has 3 fully saturated rings. The first-order chi connectivity index (χ1) is 22.9. The number of fused-ring (bicyclic) bond motifs is 3. The summed E-state index contributed by atoms with van der Waals surface area (Å²) in [5.41, 5.74) is 3.06. The lowest BCUT2D eigenvalue weighted by molar-refractivity contribution is -0.137. The summed E-state index contributed by atoms with van der Waals surface area (Å²) >= 11 is 0.757. The van der Waals surface area contributed by atoms with Crippen LogP contribution in [0, 0.1) is 12.4 Å². The smallest absolute Gasteiger partial charge is 0.418 e. The summed E-state index contributed by atoms with van der Waals surface area (Å²) < 4.78 is 85.7. The molecule has 6 heterocycles. The lowest BCUT2D eigenvalue weighted by Gasteiger charge is -2.30. The van der Waals surface area contributed by atoms with E-state index < -0.39 is 41.1 Å². The number of aromatic nitrogens is 3. The largest absolute Gasteiger partial charge is 0.472 e. The lowest BCUT2D eigenvalue weighted by Crippen LogP contribution is -2.43. The van der Waals surface area contributed by atoms with Crippen LogP contribution in [0.2, 0.25) is 0 Å². The first-order valence-electron chi connectivity index (χ1n) is 15.2. The fourth-order valence-electron chi connectivity index (χ4n) is 7.03. The number of carbonyl (C=O) groups is 1. The number of amides is 1. The number of hydrogen-bond acceptors (Lipinski definition) is 9. The molecular formula is C32H28F5N7O3S. The number of nitrogen functional groups attached to an aromatic ring is 1. The molecule has 3 aromatic heterocycles. The van der Waals surface area contributed by atoms with Crippen molar-refractivity contribution in [3.05, 3.63) is 53.7 Å². The molecule has 0 radical (unpaired) electrons. The number of likely N-dealkylation sites (tertiary alicyclic amines) is 1. The van der Waals surface area contributed by atoms with E-state index >= 15 is 0 Å². The molecule has 3 saturated heterocycles. The van der Waals surface area contributed by atoms with Crippen LogP contribution in [-0.4, -0.2) is 81.3 Å². The van der Waals surface area contributed by atoms with E-state index in [1.165, 1.54) is 11.0 Å². The van der Waals surface area contributed by atoms with Gasteiger partial charge in [-0.2, -0.15) is 23.1 Å². The van der Waals surface area contributed by atoms with E-state index in [4.69, 9.17) is 21.8 Å². The molecule has 1 amide bonds. The molecule has 3 atom stereocenters. The van der Waals surface area contributed by atoms with Crippen LogP contribution in [0.1, 0.15) is 31.2 Å². The van der Waals surface area contributed by atoms with Gasteiger partial charge in [0, 0.05) is 31.3 Å². The molecule has 2 N–H and O–H groups in total. The first-order valence-corrected chi connectivity index (χ1v) is 16.0. The molecule has 3 aliphatic rings. The molecule has 0 saturated carbocycles. The number of ether oxygens (including phenoxy) is 2. The third-order valence-electron chi connectivity index (χ3n) is 9.24. The summed E-state index contributed by atoms with van der Waals surface area (Å²) in [5, 5.41) is -0.309. The monoisotopic (exact) mass is 685 g/mol. The van der Waals surface area contributed by atoms with Gasteiger partial charge in [0.2, 0.25) is 17.5 Å². The molecule has 4 aromatic rings. The molecule has 250 valence electrons. The number of nitrogens with two attached hydrogens (primary N) is 1. The number of rotatable bonds is 7. The van der Waals surface area contributed by atoms with Gasteiger partial charge in [0.1, 0.15) is 24.7 Å². The molecule has 7 rings (SSSR count). The zero-order chi connectivity index (χ0) is 34.0. The SMILES string of the molecule is [C-]#[N+]c1c(N)sc2c(F)ccc(-c3nc4nc(OCC56CCCN5CC(F)C6)nc(OC5CCN(C(=O)C=C)C5)c4cc3C(F)(F)F)c12. The summed E-state index contributed by atoms with van der Waals surface area (Å²) in [4.78, 5) is 32.2. The van der Waals surface area contributed by atoms with Crippen LogP contribution >= 0.6 is 11.3 Å². The number of alkyl halides is 4. The molecule has 0 bridgehead atoms. The Balaban J connectivity index is 1.37. The van der Waals surface area contributed by atoms with Gasteiger partial charge in [-0.05, 0) is 43.2 Å². The Morgan fingerprint density at radius 3 is 2.81 bits per heavy atom. The predicted molar refractivity (Wildman–Crippen MR) is 168 cm³/mol. The zero-order valence-corrected chi connectivity index (χ0v) is 26.1. The second-order valence-electron chi connectivity index (χ2n) is 12.2. The van der Waals surface area contributed by atoms with Gasteiger partial charge >= 0.3 is 12.2 Å². The normalized spacial score (nSPS) is 22.7. The second kappa shape index (κ2) is 11.8. The Kier molecular flexibility index (Phi) is 7.86. The van der Waals surface area contributed by atoms with Crippen LogP contribution in [-0.2, 0) is 11.0 Å². The van der Waals surface area contributed by atoms with Crippen LogP contribution in [0.25, 0.3) is 37.2 Å². The van der Waals surface area contributed by atoms with Gasteiger partial charge in [0.15, 0.2) is 5.65 Å². The standard InChI is InChI=1S/C32H28F5N7O3S/c1-3-22(45)43-10-7-17(14-43)47-29-19-11-20(32(35,36)37)24(18-5-6-21(34)26-23(18)25(39-2)27(38)48-26)40-28(19)41-30(42-29)46-15-31-8-4-9-44(31)13-16(33)12-31/h3,5-6,11,16-17H,1,4,7-10,12-15,38H2. The second-order valence-corrected chi connectivity index (χ2v) is 13.2. The van der Waals surface area contributed by atoms with Crippen LogP contribution in [0.5, 0.6) is 11.9 Å². The minimum atomic E-state index is -4.96. The number of anilines is 1. The predicted octanol–water partition coefficient (Wildman–Crippen LogP) is 6.32. The number of halogens is 5. The average molecular weight is 686 g/mol. The number of nitrogens with zero attached hydrogens (tertiary/aromatic N) is 6. The Hall–Kier alpha value is -4.62. The highest BCUT2D eigenvalue weighted by molar-refractivity contribution is 7.23. The van der Waals surface area contributed by atoms with E-state index in [2.05, 4.69) is 26.4 Å². The van der Waals surface area contributed by atoms with Crippen molar-refractivity contribution in [3.63, 3.8) is 0 Å². The fourth-order valence-corrected chi connectivity index (χ4v) is 7.96. The van der Waals surface area contributed by atoms with Crippen molar-refractivity contribution in [2.45, 2.75) is 49.7 Å². The summed E-state index contributed by atoms with van der Waals surface area (Å²) in [7, 11) is 0. The van der Waals surface area contributed by atoms with Gasteiger partial charge in [0.05, 0.1) is 45.0 Å². The molecule has 1 aromatic carbocycles. The molecule has 0 spiro atoms. The Labute approximate surface area is 274 Å². The highest BCUT2D eigenvalue weighted by Gasteiger charge is 2.49. The van der Waals surface area contributed by atoms with Crippen molar-refractivity contribution < 1.29 is 36.2 Å². The maximum Gasteiger partial charge on any atom is 0.418 e. The van der Waals surface area contributed by atoms with Crippen LogP contribution in [0.3, 0.4) is 0 Å². The number of hydrogen-bond donors (Lipinski definition) is 1. The van der Waals surface area contributed by atoms with Crippen molar-refractivity contribution in [2.24, 2.45) is 0 Å². The average Bonchev–Trinajstić information content (AvgIpc) is 3.81. The highest BCUT2D eigenvalue weighted by atomic mass is 32.1. The number of thiophene rings is 1. The van der Waals surface area contributed by atoms with E-state index in [-0.39, 0.29) is 81.3 Å². The van der Waals surface area contributed by atoms with Crippen molar-refractivity contribution in [1.82, 2.24) is 24.8 Å². The summed E-state index contributed by atoms with van der Waals surface area (Å²) in [6, 6.07) is 2.70. The molecule has 0 aliphatic carbocycles. The third-order valence-corrected chi connectivity index (χ3v) is 10.3. The lowest BCUT2D eigenvalue weighted by atomic mass is 9.95. The Morgan fingerprint density at radius 1 is 1.25 bits per heavy atom. The van der Waals surface area contributed by atoms with E-state index in [1.54, 1.807) is 0 Å². The van der Waals surface area contributed by atoms with Crippen LogP contribution < -0.4 is 15.2 Å². The van der Waals surface area contributed by atoms with Crippen LogP contribution in [0.15, 0.2) is 30.9 Å². The van der Waals surface area contributed by atoms with Gasteiger partial charge in [-0.1, -0.05) is 12.6 Å². The topological polar surface area (TPSA) is 111 Å². The quantitative estimate of drug-likeness (QED) is 0.137. The molecular weight excluding hydrogens is 657 g/mol. The fraction of sp³-hybridized carbons (Fsp3) is 0.406. The van der Waals surface area contributed by atoms with Crippen molar-refractivity contribution >= 4 is 49.1 Å². The van der Waals surface area contributed by atoms with Crippen molar-refractivity contribution in [3.8, 4) is 23.1 Å². The maximum atomic E-state index is 14.8. The summed E-state index contributed by atoms with van der Waals surface area (Å²) in [6.07, 6.45) is -3.22. The van der Waals surface area contributed by atoms with E-state index in [9.17, 15) is 26.7 Å². The molecule has 48 heavy (non-hydrogen) atoms. The molecule has 3 unspecified atom stereocenters. The molecule has 10 nitrogen and oxygen atoms in total. The van der Waals surface area contributed by atoms with Crippen molar-refractivity contribution in [1.29, 1.82) is 0 Å². The molecule has 16 heteroatoms. The third kappa shape index (κ3) is 5.44. The maximum absolute atomic E-state index is 14.8. The molecule has 3 aliphatic heterocycles. The number of pyridine rings is 1. The Morgan fingerprint density at radius 2 is 2.06 bits per heavy atom.